The van der Waals surface area contributed by atoms with Gasteiger partial charge in [-0.3, -0.25) is 14.3 Å². The Hall–Kier alpha value is -3.90. The first-order chi connectivity index (χ1) is 18.1. The number of carbonyl (C=O) groups excluding carboxylic acids is 2. The number of rotatable bonds is 3. The molecule has 3 aromatic rings. The van der Waals surface area contributed by atoms with Crippen LogP contribution in [0.25, 0.3) is 11.3 Å². The highest BCUT2D eigenvalue weighted by Crippen LogP contribution is 2.29. The molecule has 5 rings (SSSR count). The Morgan fingerprint density at radius 1 is 1.05 bits per heavy atom. The Morgan fingerprint density at radius 2 is 1.74 bits per heavy atom. The number of H-pyrrole nitrogens is 1. The molecule has 2 saturated heterocycles. The first kappa shape index (κ1) is 27.1. The van der Waals surface area contributed by atoms with Gasteiger partial charge in [0.2, 0.25) is 5.91 Å². The third-order valence-electron chi connectivity index (χ3n) is 6.87. The molecule has 38 heavy (non-hydrogen) atoms. The van der Waals surface area contributed by atoms with Crippen molar-refractivity contribution in [3.05, 3.63) is 58.8 Å². The van der Waals surface area contributed by atoms with Crippen LogP contribution in [-0.2, 0) is 4.79 Å². The average molecular weight is 534 g/mol. The first-order valence-electron chi connectivity index (χ1n) is 12.5. The lowest BCUT2D eigenvalue weighted by Gasteiger charge is -2.30. The van der Waals surface area contributed by atoms with Crippen LogP contribution >= 0.6 is 0 Å². The fourth-order valence-electron chi connectivity index (χ4n) is 5.02. The number of halogens is 3. The lowest BCUT2D eigenvalue weighted by Crippen LogP contribution is -2.43. The summed E-state index contributed by atoms with van der Waals surface area (Å²) in [7, 11) is 0. The molecule has 204 valence electrons. The maximum Gasteiger partial charge on any atom is 0.406 e. The van der Waals surface area contributed by atoms with Crippen molar-refractivity contribution in [3.8, 4) is 0 Å². The minimum atomic E-state index is -4.33. The smallest absolute Gasteiger partial charge is 0.351 e. The molecule has 13 heteroatoms. The van der Waals surface area contributed by atoms with Crippen LogP contribution in [0.15, 0.2) is 47.5 Å². The molecule has 0 saturated carbocycles. The normalized spacial score (nSPS) is 19.1. The number of piperidine rings is 1. The summed E-state index contributed by atoms with van der Waals surface area (Å²) in [5, 5.41) is 0. The van der Waals surface area contributed by atoms with Crippen LogP contribution in [0.1, 0.15) is 49.6 Å². The van der Waals surface area contributed by atoms with Crippen molar-refractivity contribution in [2.24, 2.45) is 5.73 Å². The Labute approximate surface area is 216 Å². The maximum absolute atomic E-state index is 12.5. The third-order valence-corrected chi connectivity index (χ3v) is 6.87. The highest BCUT2D eigenvalue weighted by Gasteiger charge is 2.35. The van der Waals surface area contributed by atoms with E-state index in [1.54, 1.807) is 15.7 Å². The minimum absolute atomic E-state index is 0.00463. The summed E-state index contributed by atoms with van der Waals surface area (Å²) < 4.78 is 39.1. The van der Waals surface area contributed by atoms with E-state index in [0.29, 0.717) is 43.6 Å². The van der Waals surface area contributed by atoms with Gasteiger partial charge in [0.05, 0.1) is 0 Å². The Bertz CT molecular complexity index is 1300. The van der Waals surface area contributed by atoms with Gasteiger partial charge in [-0.05, 0) is 31.2 Å². The van der Waals surface area contributed by atoms with E-state index in [4.69, 9.17) is 5.73 Å². The number of alkyl halides is 3. The molecule has 0 radical (unpaired) electrons. The van der Waals surface area contributed by atoms with E-state index in [-0.39, 0.29) is 30.6 Å². The molecule has 1 aromatic carbocycles. The van der Waals surface area contributed by atoms with Gasteiger partial charge < -0.3 is 15.5 Å². The van der Waals surface area contributed by atoms with Gasteiger partial charge in [-0.15, -0.1) is 0 Å². The van der Waals surface area contributed by atoms with Gasteiger partial charge in [0.25, 0.3) is 0 Å². The monoisotopic (exact) mass is 533 g/mol. The molecule has 0 bridgehead atoms. The number of nitrogens with two attached hydrogens (primary N) is 1. The number of amides is 3. The second kappa shape index (κ2) is 11.7. The van der Waals surface area contributed by atoms with Crippen molar-refractivity contribution in [1.29, 1.82) is 0 Å². The predicted molar refractivity (Wildman–Crippen MR) is 133 cm³/mol. The van der Waals surface area contributed by atoms with Gasteiger partial charge in [0.1, 0.15) is 6.54 Å². The topological polar surface area (TPSA) is 130 Å². The van der Waals surface area contributed by atoms with Crippen molar-refractivity contribution in [2.45, 2.75) is 50.2 Å². The van der Waals surface area contributed by atoms with Crippen LogP contribution in [0.5, 0.6) is 0 Å². The molecular weight excluding hydrogens is 503 g/mol. The predicted octanol–water partition coefficient (Wildman–Crippen LogP) is 3.18. The van der Waals surface area contributed by atoms with E-state index < -0.39 is 24.7 Å². The number of primary amides is 1. The van der Waals surface area contributed by atoms with Gasteiger partial charge in [-0.25, -0.2) is 19.6 Å². The van der Waals surface area contributed by atoms with Crippen molar-refractivity contribution >= 4 is 23.2 Å². The van der Waals surface area contributed by atoms with Crippen molar-refractivity contribution in [2.75, 3.05) is 26.2 Å². The SMILES string of the molecule is NC(=O)N1CCC(n2c(=O)[nH]c3nccnc32)CC1.O=C1CCC[C@@H](c2ccccc2)CN1CC(F)(F)F. The largest absolute Gasteiger partial charge is 0.406 e. The molecule has 0 aliphatic carbocycles. The highest BCUT2D eigenvalue weighted by atomic mass is 19.4. The number of benzene rings is 1. The van der Waals surface area contributed by atoms with Crippen LogP contribution in [0.3, 0.4) is 0 Å². The molecule has 0 unspecified atom stereocenters. The maximum atomic E-state index is 12.5. The number of hydrogen-bond acceptors (Lipinski definition) is 5. The van der Waals surface area contributed by atoms with Gasteiger partial charge in [-0.1, -0.05) is 30.3 Å². The number of hydrogen-bond donors (Lipinski definition) is 2. The molecule has 2 aliphatic heterocycles. The second-order valence-corrected chi connectivity index (χ2v) is 9.47. The Kier molecular flexibility index (Phi) is 8.32. The number of aromatic nitrogens is 4. The van der Waals surface area contributed by atoms with E-state index in [1.807, 2.05) is 30.3 Å². The fourth-order valence-corrected chi connectivity index (χ4v) is 5.02. The highest BCUT2D eigenvalue weighted by molar-refractivity contribution is 5.76. The lowest BCUT2D eigenvalue weighted by atomic mass is 9.94. The summed E-state index contributed by atoms with van der Waals surface area (Å²) in [5.41, 5.74) is 7.09. The number of imidazole rings is 1. The van der Waals surface area contributed by atoms with E-state index in [2.05, 4.69) is 15.0 Å². The number of aromatic amines is 1. The molecule has 0 spiro atoms. The summed E-state index contributed by atoms with van der Waals surface area (Å²) in [6, 6.07) is 9.04. The minimum Gasteiger partial charge on any atom is -0.351 e. The summed E-state index contributed by atoms with van der Waals surface area (Å²) in [6.45, 7) is 0.121. The van der Waals surface area contributed by atoms with Crippen molar-refractivity contribution in [1.82, 2.24) is 29.3 Å². The zero-order valence-electron chi connectivity index (χ0n) is 20.7. The van der Waals surface area contributed by atoms with E-state index in [0.717, 1.165) is 16.9 Å². The van der Waals surface area contributed by atoms with Crippen molar-refractivity contribution < 1.29 is 22.8 Å². The molecule has 10 nitrogen and oxygen atoms in total. The van der Waals surface area contributed by atoms with Crippen LogP contribution in [0, 0.1) is 0 Å². The lowest BCUT2D eigenvalue weighted by molar-refractivity contribution is -0.160. The number of nitrogens with one attached hydrogen (secondary N) is 1. The Morgan fingerprint density at radius 3 is 2.39 bits per heavy atom. The molecule has 4 heterocycles. The van der Waals surface area contributed by atoms with Crippen molar-refractivity contribution in [3.63, 3.8) is 0 Å². The molecule has 2 aromatic heterocycles. The molecule has 3 N–H and O–H groups in total. The summed E-state index contributed by atoms with van der Waals surface area (Å²) in [4.78, 5) is 48.2. The zero-order chi connectivity index (χ0) is 27.3. The zero-order valence-corrected chi connectivity index (χ0v) is 20.7. The molecule has 1 atom stereocenters. The standard InChI is InChI=1S/C14H16F3NO.C11H14N6O2/c15-14(16,17)10-18-9-12(7-4-8-13(18)19)11-5-2-1-3-6-11;12-10(18)16-5-1-7(2-6-16)17-9-8(15-11(17)19)13-3-4-14-9/h1-3,5-6,12H,4,7-10H2;3-4,7H,1-2,5-6H2,(H2,12,18)(H,13,15,19)/t12-;/m1./s1. The molecule has 2 fully saturated rings. The second-order valence-electron chi connectivity index (χ2n) is 9.47. The molecule has 3 amide bonds. The number of nitrogens with zero attached hydrogens (tertiary/aromatic N) is 5. The molecular formula is C25H30F3N7O3. The number of fused-ring (bicyclic) bond motifs is 1. The number of likely N-dealkylation sites (tertiary alicyclic amines) is 2. The average Bonchev–Trinajstić information content (AvgIpc) is 3.12. The van der Waals surface area contributed by atoms with Gasteiger partial charge in [0, 0.05) is 50.4 Å². The van der Waals surface area contributed by atoms with Crippen LogP contribution < -0.4 is 11.4 Å². The van der Waals surface area contributed by atoms with Crippen LogP contribution in [0.4, 0.5) is 18.0 Å². The third kappa shape index (κ3) is 6.69. The van der Waals surface area contributed by atoms with Crippen LogP contribution in [-0.4, -0.2) is 73.6 Å². The summed E-state index contributed by atoms with van der Waals surface area (Å²) in [6.07, 6.45) is 1.75. The Balaban J connectivity index is 0.000000177. The summed E-state index contributed by atoms with van der Waals surface area (Å²) >= 11 is 0. The number of carbonyl (C=O) groups is 2. The molecule has 2 aliphatic rings. The summed E-state index contributed by atoms with van der Waals surface area (Å²) in [5.74, 6) is -0.397. The quantitative estimate of drug-likeness (QED) is 0.534. The first-order valence-corrected chi connectivity index (χ1v) is 12.5. The van der Waals surface area contributed by atoms with E-state index in [1.165, 1.54) is 6.20 Å². The van der Waals surface area contributed by atoms with Gasteiger partial charge in [-0.2, -0.15) is 13.2 Å². The van der Waals surface area contributed by atoms with Gasteiger partial charge in [0.15, 0.2) is 11.3 Å². The number of urea groups is 1. The fraction of sp³-hybridized carbons (Fsp3) is 0.480. The van der Waals surface area contributed by atoms with E-state index in [9.17, 15) is 27.6 Å². The van der Waals surface area contributed by atoms with E-state index >= 15 is 0 Å². The van der Waals surface area contributed by atoms with Gasteiger partial charge >= 0.3 is 17.9 Å². The van der Waals surface area contributed by atoms with Crippen LogP contribution in [0.2, 0.25) is 0 Å².